The van der Waals surface area contributed by atoms with E-state index in [-0.39, 0.29) is 11.5 Å². The van der Waals surface area contributed by atoms with E-state index in [1.807, 2.05) is 13.3 Å². The van der Waals surface area contributed by atoms with Crippen molar-refractivity contribution in [2.75, 3.05) is 0 Å². The van der Waals surface area contributed by atoms with Gasteiger partial charge in [-0.15, -0.1) is 0 Å². The summed E-state index contributed by atoms with van der Waals surface area (Å²) in [4.78, 5) is 10.7. The second kappa shape index (κ2) is 4.24. The fraction of sp³-hybridized carbons (Fsp3) is 0.571. The van der Waals surface area contributed by atoms with Gasteiger partial charge in [0.15, 0.2) is 5.78 Å². The lowest BCUT2D eigenvalue weighted by Gasteiger charge is -1.94. The Kier molecular flexibility index (Phi) is 3.93. The first-order valence-electron chi connectivity index (χ1n) is 3.10. The molecule has 0 fully saturated rings. The predicted molar refractivity (Wildman–Crippen MR) is 37.6 cm³/mol. The Labute approximate surface area is 55.8 Å². The van der Waals surface area contributed by atoms with Crippen LogP contribution in [0.2, 0.25) is 0 Å². The molecule has 1 radical (unpaired) electrons. The van der Waals surface area contributed by atoms with Gasteiger partial charge in [-0.25, -0.2) is 0 Å². The third-order valence-electron chi connectivity index (χ3n) is 1.07. The monoisotopic (exact) mass is 126 g/mol. The van der Waals surface area contributed by atoms with E-state index in [4.69, 9.17) is 5.41 Å². The molecule has 0 saturated carbocycles. The summed E-state index contributed by atoms with van der Waals surface area (Å²) in [6.45, 7) is 3.62. The molecule has 0 bridgehead atoms. The second-order valence-corrected chi connectivity index (χ2v) is 1.87. The third-order valence-corrected chi connectivity index (χ3v) is 1.07. The Morgan fingerprint density at radius 2 is 2.22 bits per heavy atom. The minimum atomic E-state index is -0.0481. The van der Waals surface area contributed by atoms with E-state index in [2.05, 4.69) is 0 Å². The summed E-state index contributed by atoms with van der Waals surface area (Å²) in [6, 6.07) is 0. The first-order chi connectivity index (χ1) is 4.22. The van der Waals surface area contributed by atoms with E-state index >= 15 is 0 Å². The van der Waals surface area contributed by atoms with Crippen LogP contribution in [0.1, 0.15) is 26.7 Å². The number of rotatable bonds is 4. The van der Waals surface area contributed by atoms with Gasteiger partial charge in [0.2, 0.25) is 0 Å². The molecule has 0 aromatic carbocycles. The Morgan fingerprint density at radius 3 is 2.56 bits per heavy atom. The molecule has 0 atom stereocenters. The molecular weight excluding hydrogens is 114 g/mol. The fourth-order valence-electron chi connectivity index (χ4n) is 0.531. The van der Waals surface area contributed by atoms with Crippen molar-refractivity contribution >= 4 is 11.5 Å². The van der Waals surface area contributed by atoms with Gasteiger partial charge in [-0.1, -0.05) is 13.8 Å². The van der Waals surface area contributed by atoms with E-state index < -0.39 is 0 Å². The number of hydrogen-bond donors (Lipinski definition) is 1. The van der Waals surface area contributed by atoms with Crippen LogP contribution < -0.4 is 0 Å². The van der Waals surface area contributed by atoms with Crippen LogP contribution in [-0.4, -0.2) is 11.5 Å². The quantitative estimate of drug-likeness (QED) is 0.571. The van der Waals surface area contributed by atoms with Crippen LogP contribution in [0, 0.1) is 11.8 Å². The van der Waals surface area contributed by atoms with Gasteiger partial charge in [-0.05, 0) is 12.8 Å². The Morgan fingerprint density at radius 1 is 1.67 bits per heavy atom. The van der Waals surface area contributed by atoms with E-state index in [9.17, 15) is 4.79 Å². The van der Waals surface area contributed by atoms with Crippen LogP contribution in [0.3, 0.4) is 0 Å². The average molecular weight is 126 g/mol. The minimum Gasteiger partial charge on any atom is -0.302 e. The Bertz CT molecular complexity index is 118. The minimum absolute atomic E-state index is 0.0481. The van der Waals surface area contributed by atoms with Crippen LogP contribution >= 0.6 is 0 Å². The molecule has 0 saturated heterocycles. The van der Waals surface area contributed by atoms with Crippen molar-refractivity contribution in [3.63, 3.8) is 0 Å². The summed E-state index contributed by atoms with van der Waals surface area (Å²) in [6.07, 6.45) is 2.77. The molecule has 0 aromatic rings. The maximum atomic E-state index is 10.7. The molecule has 0 unspecified atom stereocenters. The molecule has 0 rings (SSSR count). The van der Waals surface area contributed by atoms with Crippen LogP contribution in [0.15, 0.2) is 0 Å². The highest BCUT2D eigenvalue weighted by Gasteiger charge is 2.03. The topological polar surface area (TPSA) is 40.9 Å². The summed E-state index contributed by atoms with van der Waals surface area (Å²) < 4.78 is 0. The van der Waals surface area contributed by atoms with Crippen molar-refractivity contribution < 1.29 is 4.79 Å². The van der Waals surface area contributed by atoms with Gasteiger partial charge >= 0.3 is 0 Å². The Balaban J connectivity index is 3.60. The maximum Gasteiger partial charge on any atom is 0.176 e. The standard InChI is InChI=1S/C7H12NO/c1-3-5-6(8)7(9)4-2/h3,8H,4-5H2,1-2H3. The largest absolute Gasteiger partial charge is 0.302 e. The summed E-state index contributed by atoms with van der Waals surface area (Å²) in [5, 5.41) is 7.11. The van der Waals surface area contributed by atoms with Crippen LogP contribution in [-0.2, 0) is 4.79 Å². The van der Waals surface area contributed by atoms with E-state index in [1.165, 1.54) is 0 Å². The number of carbonyl (C=O) groups excluding carboxylic acids is 1. The summed E-state index contributed by atoms with van der Waals surface area (Å²) in [7, 11) is 0. The van der Waals surface area contributed by atoms with Crippen LogP contribution in [0.4, 0.5) is 0 Å². The van der Waals surface area contributed by atoms with E-state index in [0.29, 0.717) is 12.8 Å². The first kappa shape index (κ1) is 8.34. The molecular formula is C7H12NO. The third kappa shape index (κ3) is 3.01. The van der Waals surface area contributed by atoms with Crippen molar-refractivity contribution in [2.24, 2.45) is 0 Å². The normalized spacial score (nSPS) is 9.11. The van der Waals surface area contributed by atoms with Crippen LogP contribution in [0.25, 0.3) is 0 Å². The molecule has 0 aliphatic heterocycles. The van der Waals surface area contributed by atoms with Crippen LogP contribution in [0.5, 0.6) is 0 Å². The van der Waals surface area contributed by atoms with Gasteiger partial charge in [0.1, 0.15) is 0 Å². The van der Waals surface area contributed by atoms with Gasteiger partial charge < -0.3 is 5.41 Å². The molecule has 0 aromatic heterocycles. The smallest absolute Gasteiger partial charge is 0.176 e. The van der Waals surface area contributed by atoms with Gasteiger partial charge in [0.25, 0.3) is 0 Å². The molecule has 0 spiro atoms. The number of carbonyl (C=O) groups is 1. The number of hydrogen-bond acceptors (Lipinski definition) is 2. The van der Waals surface area contributed by atoms with Gasteiger partial charge in [0, 0.05) is 6.42 Å². The highest BCUT2D eigenvalue weighted by atomic mass is 16.1. The SMILES string of the molecule is C[CH]CC(=N)C(=O)CC. The van der Waals surface area contributed by atoms with Crippen molar-refractivity contribution in [3.8, 4) is 0 Å². The zero-order chi connectivity index (χ0) is 7.28. The highest BCUT2D eigenvalue weighted by molar-refractivity contribution is 6.38. The lowest BCUT2D eigenvalue weighted by molar-refractivity contribution is -0.112. The maximum absolute atomic E-state index is 10.7. The Hall–Kier alpha value is -0.660. The molecule has 51 valence electrons. The molecule has 1 N–H and O–H groups in total. The zero-order valence-electron chi connectivity index (χ0n) is 5.90. The molecule has 0 aliphatic carbocycles. The number of ketones is 1. The lowest BCUT2D eigenvalue weighted by Crippen LogP contribution is -2.10. The van der Waals surface area contributed by atoms with Gasteiger partial charge in [-0.2, -0.15) is 0 Å². The molecule has 2 nitrogen and oxygen atoms in total. The van der Waals surface area contributed by atoms with Gasteiger partial charge in [0.05, 0.1) is 5.71 Å². The first-order valence-corrected chi connectivity index (χ1v) is 3.10. The molecule has 0 heterocycles. The average Bonchev–Trinajstić information content (AvgIpc) is 1.87. The fourth-order valence-corrected chi connectivity index (χ4v) is 0.531. The molecule has 9 heavy (non-hydrogen) atoms. The predicted octanol–water partition coefficient (Wildman–Crippen LogP) is 1.60. The second-order valence-electron chi connectivity index (χ2n) is 1.87. The van der Waals surface area contributed by atoms with Crippen molar-refractivity contribution in [3.05, 3.63) is 6.42 Å². The van der Waals surface area contributed by atoms with E-state index in [1.54, 1.807) is 6.92 Å². The van der Waals surface area contributed by atoms with Crippen molar-refractivity contribution in [2.45, 2.75) is 26.7 Å². The summed E-state index contributed by atoms with van der Waals surface area (Å²) >= 11 is 0. The highest BCUT2D eigenvalue weighted by Crippen LogP contribution is 1.92. The van der Waals surface area contributed by atoms with Crippen molar-refractivity contribution in [1.82, 2.24) is 0 Å². The summed E-state index contributed by atoms with van der Waals surface area (Å²) in [5.74, 6) is -0.0481. The van der Waals surface area contributed by atoms with Gasteiger partial charge in [-0.3, -0.25) is 4.79 Å². The lowest BCUT2D eigenvalue weighted by atomic mass is 10.1. The van der Waals surface area contributed by atoms with Crippen molar-refractivity contribution in [1.29, 1.82) is 5.41 Å². The summed E-state index contributed by atoms with van der Waals surface area (Å²) in [5.41, 5.74) is 0.222. The number of Topliss-reactive ketones (excluding diaryl/α,β-unsaturated/α-hetero) is 1. The number of nitrogens with one attached hydrogen (secondary N) is 1. The zero-order valence-corrected chi connectivity index (χ0v) is 5.90. The molecule has 0 aliphatic rings. The molecule has 2 heteroatoms. The molecule has 0 amide bonds. The van der Waals surface area contributed by atoms with E-state index in [0.717, 1.165) is 0 Å².